The van der Waals surface area contributed by atoms with Crippen LogP contribution in [0.15, 0.2) is 28.0 Å². The number of anilines is 1. The number of aromatic nitrogens is 2. The first-order valence-corrected chi connectivity index (χ1v) is 12.2. The Balaban J connectivity index is 2.17. The SMILES string of the molecule is CCCCN1C(=O)C(=Cc2c(N(CCC)CCC)nc3ccc(C)cn3c2=O)SC1=S. The molecule has 166 valence electrons. The van der Waals surface area contributed by atoms with Crippen molar-refractivity contribution in [2.24, 2.45) is 0 Å². The summed E-state index contributed by atoms with van der Waals surface area (Å²) in [6, 6.07) is 3.82. The smallest absolute Gasteiger partial charge is 0.267 e. The lowest BCUT2D eigenvalue weighted by molar-refractivity contribution is -0.122. The molecule has 8 heteroatoms. The van der Waals surface area contributed by atoms with Crippen molar-refractivity contribution >= 4 is 51.7 Å². The van der Waals surface area contributed by atoms with Crippen LogP contribution >= 0.6 is 24.0 Å². The number of aryl methyl sites for hydroxylation is 1. The molecular weight excluding hydrogens is 428 g/mol. The van der Waals surface area contributed by atoms with E-state index in [1.165, 1.54) is 11.8 Å². The molecule has 3 rings (SSSR count). The van der Waals surface area contributed by atoms with Crippen molar-refractivity contribution in [2.75, 3.05) is 24.5 Å². The number of hydrogen-bond acceptors (Lipinski definition) is 6. The van der Waals surface area contributed by atoms with Crippen LogP contribution in [0, 0.1) is 6.92 Å². The monoisotopic (exact) mass is 458 g/mol. The normalized spacial score (nSPS) is 15.5. The molecule has 0 atom stereocenters. The molecule has 0 N–H and O–H groups in total. The minimum Gasteiger partial charge on any atom is -0.356 e. The third kappa shape index (κ3) is 5.01. The largest absolute Gasteiger partial charge is 0.356 e. The van der Waals surface area contributed by atoms with E-state index < -0.39 is 0 Å². The molecule has 1 aliphatic rings. The van der Waals surface area contributed by atoms with Gasteiger partial charge in [-0.3, -0.25) is 18.9 Å². The molecule has 0 aliphatic carbocycles. The van der Waals surface area contributed by atoms with Gasteiger partial charge >= 0.3 is 0 Å². The number of unbranched alkanes of at least 4 members (excludes halogenated alkanes) is 1. The van der Waals surface area contributed by atoms with Crippen LogP contribution in [0.4, 0.5) is 5.82 Å². The van der Waals surface area contributed by atoms with E-state index in [1.807, 2.05) is 19.1 Å². The first-order valence-electron chi connectivity index (χ1n) is 10.9. The van der Waals surface area contributed by atoms with E-state index in [0.29, 0.717) is 32.8 Å². The number of thiocarbonyl (C=S) groups is 1. The molecule has 0 bridgehead atoms. The second kappa shape index (κ2) is 10.4. The summed E-state index contributed by atoms with van der Waals surface area (Å²) in [4.78, 5) is 35.6. The highest BCUT2D eigenvalue weighted by atomic mass is 32.2. The first-order chi connectivity index (χ1) is 14.9. The lowest BCUT2D eigenvalue weighted by Crippen LogP contribution is -2.31. The molecule has 2 aromatic heterocycles. The van der Waals surface area contributed by atoms with Gasteiger partial charge in [0, 0.05) is 25.8 Å². The molecule has 0 unspecified atom stereocenters. The van der Waals surface area contributed by atoms with Gasteiger partial charge in [-0.05, 0) is 43.9 Å². The second-order valence-electron chi connectivity index (χ2n) is 7.76. The van der Waals surface area contributed by atoms with Crippen molar-refractivity contribution in [3.63, 3.8) is 0 Å². The molecule has 31 heavy (non-hydrogen) atoms. The van der Waals surface area contributed by atoms with E-state index in [9.17, 15) is 9.59 Å². The molecular formula is C23H30N4O2S2. The van der Waals surface area contributed by atoms with Crippen molar-refractivity contribution in [1.82, 2.24) is 14.3 Å². The molecule has 1 saturated heterocycles. The Bertz CT molecular complexity index is 1070. The summed E-state index contributed by atoms with van der Waals surface area (Å²) in [6.07, 6.45) is 7.25. The molecule has 1 aliphatic heterocycles. The molecule has 2 aromatic rings. The lowest BCUT2D eigenvalue weighted by Gasteiger charge is -2.24. The fourth-order valence-electron chi connectivity index (χ4n) is 3.62. The second-order valence-corrected chi connectivity index (χ2v) is 9.44. The quantitative estimate of drug-likeness (QED) is 0.403. The van der Waals surface area contributed by atoms with E-state index >= 15 is 0 Å². The van der Waals surface area contributed by atoms with Crippen LogP contribution in [0.25, 0.3) is 11.7 Å². The van der Waals surface area contributed by atoms with Crippen molar-refractivity contribution in [3.05, 3.63) is 44.7 Å². The van der Waals surface area contributed by atoms with Gasteiger partial charge < -0.3 is 4.90 Å². The van der Waals surface area contributed by atoms with Crippen molar-refractivity contribution in [3.8, 4) is 0 Å². The van der Waals surface area contributed by atoms with Gasteiger partial charge in [0.25, 0.3) is 11.5 Å². The van der Waals surface area contributed by atoms with Crippen molar-refractivity contribution in [2.45, 2.75) is 53.4 Å². The van der Waals surface area contributed by atoms with Crippen LogP contribution in [-0.4, -0.2) is 44.1 Å². The van der Waals surface area contributed by atoms with E-state index in [0.717, 1.165) is 44.3 Å². The maximum atomic E-state index is 13.5. The summed E-state index contributed by atoms with van der Waals surface area (Å²) in [6.45, 7) is 10.4. The highest BCUT2D eigenvalue weighted by Gasteiger charge is 2.32. The van der Waals surface area contributed by atoms with Crippen LogP contribution < -0.4 is 10.5 Å². The fourth-order valence-corrected chi connectivity index (χ4v) is 4.91. The number of pyridine rings is 1. The summed E-state index contributed by atoms with van der Waals surface area (Å²) in [5, 5.41) is 0. The highest BCUT2D eigenvalue weighted by Crippen LogP contribution is 2.33. The molecule has 0 spiro atoms. The number of carbonyl (C=O) groups is 1. The molecule has 1 fully saturated rings. The number of fused-ring (bicyclic) bond motifs is 1. The van der Waals surface area contributed by atoms with E-state index in [1.54, 1.807) is 21.6 Å². The minimum atomic E-state index is -0.167. The first kappa shape index (κ1) is 23.5. The van der Waals surface area contributed by atoms with Crippen LogP contribution in [0.5, 0.6) is 0 Å². The maximum absolute atomic E-state index is 13.5. The third-order valence-electron chi connectivity index (χ3n) is 5.16. The molecule has 0 aromatic carbocycles. The number of thioether (sulfide) groups is 1. The van der Waals surface area contributed by atoms with Gasteiger partial charge in [0.05, 0.1) is 10.5 Å². The Hall–Kier alpha value is -2.19. The standard InChI is InChI=1S/C23H30N4O2S2/c1-5-8-13-26-22(29)18(31-23(26)30)14-17-20(25(11-6-2)12-7-3)24-19-10-9-16(4)15-27(19)21(17)28/h9-10,14-15H,5-8,11-13H2,1-4H3. The Morgan fingerprint density at radius 1 is 1.13 bits per heavy atom. The summed E-state index contributed by atoms with van der Waals surface area (Å²) in [7, 11) is 0. The van der Waals surface area contributed by atoms with Crippen molar-refractivity contribution < 1.29 is 4.79 Å². The Kier molecular flexibility index (Phi) is 7.89. The molecule has 0 saturated carbocycles. The van der Waals surface area contributed by atoms with Gasteiger partial charge in [-0.25, -0.2) is 4.98 Å². The lowest BCUT2D eigenvalue weighted by atomic mass is 10.2. The van der Waals surface area contributed by atoms with Crippen molar-refractivity contribution in [1.29, 1.82) is 0 Å². The van der Waals surface area contributed by atoms with Gasteiger partial charge in [-0.2, -0.15) is 0 Å². The van der Waals surface area contributed by atoms with Crippen LogP contribution in [-0.2, 0) is 4.79 Å². The van der Waals surface area contributed by atoms with Gasteiger partial charge in [0.2, 0.25) is 0 Å². The van der Waals surface area contributed by atoms with Gasteiger partial charge in [-0.1, -0.05) is 57.2 Å². The van der Waals surface area contributed by atoms with E-state index in [2.05, 4.69) is 25.7 Å². The highest BCUT2D eigenvalue weighted by molar-refractivity contribution is 8.26. The molecule has 3 heterocycles. The average Bonchev–Trinajstić information content (AvgIpc) is 3.01. The molecule has 0 radical (unpaired) electrons. The zero-order valence-corrected chi connectivity index (χ0v) is 20.3. The fraction of sp³-hybridized carbons (Fsp3) is 0.478. The summed E-state index contributed by atoms with van der Waals surface area (Å²) >= 11 is 6.70. The zero-order valence-electron chi connectivity index (χ0n) is 18.7. The molecule has 6 nitrogen and oxygen atoms in total. The van der Waals surface area contributed by atoms with E-state index in [4.69, 9.17) is 17.2 Å². The predicted octanol–water partition coefficient (Wildman–Crippen LogP) is 4.63. The Morgan fingerprint density at radius 3 is 2.48 bits per heavy atom. The van der Waals surface area contributed by atoms with Gasteiger partial charge in [0.1, 0.15) is 15.8 Å². The number of rotatable bonds is 9. The zero-order chi connectivity index (χ0) is 22.5. The number of nitrogens with zero attached hydrogens (tertiary/aromatic N) is 4. The summed E-state index contributed by atoms with van der Waals surface area (Å²) < 4.78 is 2.12. The number of carbonyl (C=O) groups excluding carboxylic acids is 1. The van der Waals surface area contributed by atoms with Gasteiger partial charge in [-0.15, -0.1) is 0 Å². The van der Waals surface area contributed by atoms with Crippen LogP contribution in [0.3, 0.4) is 0 Å². The van der Waals surface area contributed by atoms with Gasteiger partial charge in [0.15, 0.2) is 0 Å². The summed E-state index contributed by atoms with van der Waals surface area (Å²) in [5.74, 6) is 0.511. The Morgan fingerprint density at radius 2 is 1.84 bits per heavy atom. The predicted molar refractivity (Wildman–Crippen MR) is 134 cm³/mol. The van der Waals surface area contributed by atoms with Crippen LogP contribution in [0.2, 0.25) is 0 Å². The van der Waals surface area contributed by atoms with Crippen LogP contribution in [0.1, 0.15) is 57.6 Å². The maximum Gasteiger partial charge on any atom is 0.267 e. The topological polar surface area (TPSA) is 57.9 Å². The molecule has 1 amide bonds. The van der Waals surface area contributed by atoms with E-state index in [-0.39, 0.29) is 11.5 Å². The summed E-state index contributed by atoms with van der Waals surface area (Å²) in [5.41, 5.74) is 1.86. The number of amides is 1. The average molecular weight is 459 g/mol. The number of hydrogen-bond donors (Lipinski definition) is 0. The third-order valence-corrected chi connectivity index (χ3v) is 6.53. The Labute approximate surface area is 193 Å². The minimum absolute atomic E-state index is 0.124.